The van der Waals surface area contributed by atoms with E-state index in [9.17, 15) is 0 Å². The number of aryl methyl sites for hydroxylation is 1. The van der Waals surface area contributed by atoms with Gasteiger partial charge in [0.15, 0.2) is 0 Å². The molecule has 0 heterocycles. The van der Waals surface area contributed by atoms with Crippen molar-refractivity contribution in [3.8, 4) is 0 Å². The minimum absolute atomic E-state index is 0.690. The van der Waals surface area contributed by atoms with Crippen LogP contribution in [0.1, 0.15) is 25.0 Å². The quantitative estimate of drug-likeness (QED) is 0.805. The number of benzene rings is 1. The van der Waals surface area contributed by atoms with Gasteiger partial charge in [0.05, 0.1) is 0 Å². The first kappa shape index (κ1) is 11.5. The first-order valence-corrected chi connectivity index (χ1v) is 5.42. The van der Waals surface area contributed by atoms with Crippen LogP contribution >= 0.6 is 11.6 Å². The molecule has 0 saturated heterocycles. The van der Waals surface area contributed by atoms with Crippen molar-refractivity contribution in [3.63, 3.8) is 0 Å². The maximum Gasteiger partial charge on any atom is 0.0411 e. The summed E-state index contributed by atoms with van der Waals surface area (Å²) in [6, 6.07) is 6.16. The van der Waals surface area contributed by atoms with Crippen LogP contribution in [0.3, 0.4) is 0 Å². The van der Waals surface area contributed by atoms with Gasteiger partial charge in [0.25, 0.3) is 0 Å². The summed E-state index contributed by atoms with van der Waals surface area (Å²) in [4.78, 5) is 0. The van der Waals surface area contributed by atoms with Crippen LogP contribution in [0.15, 0.2) is 18.2 Å². The molecule has 0 saturated carbocycles. The number of nitrogens with one attached hydrogen (secondary N) is 1. The molecule has 0 spiro atoms. The molecule has 0 fully saturated rings. The van der Waals surface area contributed by atoms with Gasteiger partial charge in [0.2, 0.25) is 0 Å². The van der Waals surface area contributed by atoms with E-state index in [-0.39, 0.29) is 0 Å². The summed E-state index contributed by atoms with van der Waals surface area (Å²) in [7, 11) is 0. The van der Waals surface area contributed by atoms with Gasteiger partial charge >= 0.3 is 0 Å². The highest BCUT2D eigenvalue weighted by molar-refractivity contribution is 6.30. The van der Waals surface area contributed by atoms with Gasteiger partial charge in [0.1, 0.15) is 0 Å². The Balaban J connectivity index is 2.50. The molecule has 2 heteroatoms. The second kappa shape index (κ2) is 5.38. The minimum Gasteiger partial charge on any atom is -0.312 e. The molecule has 78 valence electrons. The van der Waals surface area contributed by atoms with Gasteiger partial charge < -0.3 is 5.32 Å². The summed E-state index contributed by atoms with van der Waals surface area (Å²) in [5.74, 6) is 0.690. The smallest absolute Gasteiger partial charge is 0.0411 e. The van der Waals surface area contributed by atoms with E-state index in [2.05, 4.69) is 32.2 Å². The molecule has 1 aromatic carbocycles. The van der Waals surface area contributed by atoms with Crippen molar-refractivity contribution in [2.45, 2.75) is 27.3 Å². The Kier molecular flexibility index (Phi) is 4.43. The van der Waals surface area contributed by atoms with E-state index in [1.54, 1.807) is 0 Å². The molecule has 1 aromatic rings. The normalized spacial score (nSPS) is 10.9. The zero-order valence-corrected chi connectivity index (χ0v) is 9.86. The van der Waals surface area contributed by atoms with E-state index in [0.717, 1.165) is 18.1 Å². The average Bonchev–Trinajstić information content (AvgIpc) is 2.01. The van der Waals surface area contributed by atoms with E-state index in [0.29, 0.717) is 5.92 Å². The number of halogens is 1. The highest BCUT2D eigenvalue weighted by Crippen LogP contribution is 2.14. The Labute approximate surface area is 91.5 Å². The van der Waals surface area contributed by atoms with Crippen LogP contribution in [-0.4, -0.2) is 6.54 Å². The number of hydrogen-bond donors (Lipinski definition) is 1. The van der Waals surface area contributed by atoms with Gasteiger partial charge in [-0.25, -0.2) is 0 Å². The van der Waals surface area contributed by atoms with Crippen molar-refractivity contribution in [3.05, 3.63) is 34.3 Å². The SMILES string of the molecule is Cc1cc(Cl)cc(CNCC(C)C)c1. The van der Waals surface area contributed by atoms with Crippen molar-refractivity contribution in [2.75, 3.05) is 6.54 Å². The molecule has 1 N–H and O–H groups in total. The Hall–Kier alpha value is -0.530. The van der Waals surface area contributed by atoms with Gasteiger partial charge in [-0.1, -0.05) is 31.5 Å². The van der Waals surface area contributed by atoms with E-state index in [1.807, 2.05) is 12.1 Å². The van der Waals surface area contributed by atoms with Gasteiger partial charge in [0, 0.05) is 11.6 Å². The van der Waals surface area contributed by atoms with Gasteiger partial charge in [-0.05, 0) is 42.6 Å². The predicted molar refractivity (Wildman–Crippen MR) is 62.7 cm³/mol. The molecule has 1 rings (SSSR count). The molecule has 0 unspecified atom stereocenters. The van der Waals surface area contributed by atoms with Crippen LogP contribution in [-0.2, 0) is 6.54 Å². The molecule has 0 radical (unpaired) electrons. The van der Waals surface area contributed by atoms with Gasteiger partial charge in [-0.15, -0.1) is 0 Å². The van der Waals surface area contributed by atoms with Gasteiger partial charge in [-0.3, -0.25) is 0 Å². The second-order valence-electron chi connectivity index (χ2n) is 4.16. The third-order valence-corrected chi connectivity index (χ3v) is 2.20. The second-order valence-corrected chi connectivity index (χ2v) is 4.60. The van der Waals surface area contributed by atoms with Crippen LogP contribution in [0.4, 0.5) is 0 Å². The summed E-state index contributed by atoms with van der Waals surface area (Å²) in [5.41, 5.74) is 2.48. The van der Waals surface area contributed by atoms with Crippen LogP contribution in [0, 0.1) is 12.8 Å². The molecule has 0 aliphatic heterocycles. The Morgan fingerprint density at radius 3 is 2.57 bits per heavy atom. The van der Waals surface area contributed by atoms with Gasteiger partial charge in [-0.2, -0.15) is 0 Å². The fraction of sp³-hybridized carbons (Fsp3) is 0.500. The number of rotatable bonds is 4. The maximum atomic E-state index is 5.96. The first-order chi connectivity index (χ1) is 6.58. The topological polar surface area (TPSA) is 12.0 Å². The Morgan fingerprint density at radius 1 is 1.29 bits per heavy atom. The minimum atomic E-state index is 0.690. The monoisotopic (exact) mass is 211 g/mol. The highest BCUT2D eigenvalue weighted by Gasteiger charge is 1.97. The zero-order chi connectivity index (χ0) is 10.6. The molecule has 0 aliphatic rings. The third-order valence-electron chi connectivity index (χ3n) is 1.98. The first-order valence-electron chi connectivity index (χ1n) is 5.04. The van der Waals surface area contributed by atoms with Crippen molar-refractivity contribution in [2.24, 2.45) is 5.92 Å². The predicted octanol–water partition coefficient (Wildman–Crippen LogP) is 3.39. The average molecular weight is 212 g/mol. The Morgan fingerprint density at radius 2 is 2.00 bits per heavy atom. The van der Waals surface area contributed by atoms with Crippen LogP contribution in [0.2, 0.25) is 5.02 Å². The molecule has 0 aliphatic carbocycles. The largest absolute Gasteiger partial charge is 0.312 e. The lowest BCUT2D eigenvalue weighted by Gasteiger charge is -2.08. The van der Waals surface area contributed by atoms with Crippen molar-refractivity contribution >= 4 is 11.6 Å². The lowest BCUT2D eigenvalue weighted by Crippen LogP contribution is -2.18. The molecule has 0 amide bonds. The van der Waals surface area contributed by atoms with E-state index in [1.165, 1.54) is 11.1 Å². The standard InChI is InChI=1S/C12H18ClN/c1-9(2)7-14-8-11-4-10(3)5-12(13)6-11/h4-6,9,14H,7-8H2,1-3H3. The molecular formula is C12H18ClN. The van der Waals surface area contributed by atoms with Crippen LogP contribution in [0.5, 0.6) is 0 Å². The molecular weight excluding hydrogens is 194 g/mol. The lowest BCUT2D eigenvalue weighted by molar-refractivity contribution is 0.552. The summed E-state index contributed by atoms with van der Waals surface area (Å²) in [5, 5.41) is 4.22. The molecule has 0 atom stereocenters. The highest BCUT2D eigenvalue weighted by atomic mass is 35.5. The fourth-order valence-corrected chi connectivity index (χ4v) is 1.73. The van der Waals surface area contributed by atoms with E-state index in [4.69, 9.17) is 11.6 Å². The summed E-state index contributed by atoms with van der Waals surface area (Å²) < 4.78 is 0. The molecule has 14 heavy (non-hydrogen) atoms. The van der Waals surface area contributed by atoms with Crippen molar-refractivity contribution in [1.29, 1.82) is 0 Å². The maximum absolute atomic E-state index is 5.96. The lowest BCUT2D eigenvalue weighted by atomic mass is 10.1. The van der Waals surface area contributed by atoms with E-state index < -0.39 is 0 Å². The summed E-state index contributed by atoms with van der Waals surface area (Å²) in [6.45, 7) is 8.43. The zero-order valence-electron chi connectivity index (χ0n) is 9.10. The molecule has 1 nitrogen and oxygen atoms in total. The van der Waals surface area contributed by atoms with Crippen molar-refractivity contribution in [1.82, 2.24) is 5.32 Å². The summed E-state index contributed by atoms with van der Waals surface area (Å²) >= 11 is 5.96. The Bertz CT molecular complexity index is 274. The fourth-order valence-electron chi connectivity index (χ4n) is 1.42. The van der Waals surface area contributed by atoms with Crippen LogP contribution in [0.25, 0.3) is 0 Å². The van der Waals surface area contributed by atoms with E-state index >= 15 is 0 Å². The van der Waals surface area contributed by atoms with Crippen LogP contribution < -0.4 is 5.32 Å². The molecule has 0 aromatic heterocycles. The summed E-state index contributed by atoms with van der Waals surface area (Å²) in [6.07, 6.45) is 0. The molecule has 0 bridgehead atoms. The number of hydrogen-bond acceptors (Lipinski definition) is 1. The van der Waals surface area contributed by atoms with Crippen molar-refractivity contribution < 1.29 is 0 Å². The third kappa shape index (κ3) is 4.12.